The molecule has 0 bridgehead atoms. The van der Waals surface area contributed by atoms with Gasteiger partial charge in [0.1, 0.15) is 0 Å². The lowest BCUT2D eigenvalue weighted by Crippen LogP contribution is -2.12. The number of unbranched alkanes of at least 4 members (excludes halogenated alkanes) is 9. The monoisotopic (exact) mass is 394 g/mol. The van der Waals surface area contributed by atoms with E-state index in [4.69, 9.17) is 24.1 Å². The molecule has 0 aromatic rings. The second kappa shape index (κ2) is 25.1. The Balaban J connectivity index is 2.95. The van der Waals surface area contributed by atoms with Gasteiger partial charge in [-0.3, -0.25) is 0 Å². The van der Waals surface area contributed by atoms with E-state index in [1.807, 2.05) is 0 Å². The highest BCUT2D eigenvalue weighted by Gasteiger charge is 1.95. The topological polar surface area (TPSA) is 57.2 Å². The third-order valence-corrected chi connectivity index (χ3v) is 4.36. The van der Waals surface area contributed by atoms with Gasteiger partial charge in [0, 0.05) is 6.61 Å². The van der Waals surface area contributed by atoms with Gasteiger partial charge >= 0.3 is 0 Å². The van der Waals surface area contributed by atoms with Gasteiger partial charge in [-0.15, -0.1) is 0 Å². The Morgan fingerprint density at radius 2 is 0.769 bits per heavy atom. The van der Waals surface area contributed by atoms with Crippen LogP contribution in [0.25, 0.3) is 0 Å². The molecular weight excluding hydrogens is 352 g/mol. The summed E-state index contributed by atoms with van der Waals surface area (Å²) in [7, 11) is 0. The minimum absolute atomic E-state index is 0.0559. The number of hydrogen-bond acceptors (Lipinski definition) is 6. The number of hydrogen-bond donors (Lipinski definition) is 2. The van der Waals surface area contributed by atoms with E-state index in [1.165, 1.54) is 57.8 Å². The van der Waals surface area contributed by atoms with Crippen molar-refractivity contribution < 1.29 is 24.1 Å². The van der Waals surface area contributed by atoms with Crippen molar-refractivity contribution in [3.05, 3.63) is 0 Å². The van der Waals surface area contributed by atoms with Crippen molar-refractivity contribution in [1.29, 1.82) is 0 Å². The molecule has 0 saturated carbocycles. The van der Waals surface area contributed by atoms with Gasteiger partial charge in [-0.25, -0.2) is 0 Å². The third kappa shape index (κ3) is 24.1. The van der Waals surface area contributed by atoms with Crippen LogP contribution in [0.3, 0.4) is 0 Å². The van der Waals surface area contributed by atoms with Crippen LogP contribution in [-0.2, 0) is 18.9 Å². The van der Waals surface area contributed by atoms with Crippen LogP contribution in [0.2, 0.25) is 0 Å². The van der Waals surface area contributed by atoms with E-state index in [9.17, 15) is 0 Å². The van der Waals surface area contributed by atoms with Crippen LogP contribution >= 0.6 is 12.6 Å². The van der Waals surface area contributed by atoms with Crippen molar-refractivity contribution in [1.82, 2.24) is 0 Å². The van der Waals surface area contributed by atoms with Crippen LogP contribution < -0.4 is 0 Å². The summed E-state index contributed by atoms with van der Waals surface area (Å²) in [6, 6.07) is 0. The standard InChI is InChI=1S/C20H42O5S/c21-11-13-23-15-17-25-19-18-24-16-14-22-12-9-7-5-3-1-2-4-6-8-10-20-26/h21,26H,1-20H2. The molecule has 0 radical (unpaired) electrons. The molecule has 0 saturated heterocycles. The van der Waals surface area contributed by atoms with E-state index >= 15 is 0 Å². The minimum Gasteiger partial charge on any atom is -0.394 e. The van der Waals surface area contributed by atoms with Gasteiger partial charge in [-0.05, 0) is 18.6 Å². The zero-order valence-electron chi connectivity index (χ0n) is 16.7. The molecule has 158 valence electrons. The molecule has 0 aliphatic rings. The minimum atomic E-state index is 0.0559. The van der Waals surface area contributed by atoms with Gasteiger partial charge in [0.25, 0.3) is 0 Å². The van der Waals surface area contributed by atoms with Crippen LogP contribution in [0.15, 0.2) is 0 Å². The number of aliphatic hydroxyl groups excluding tert-OH is 1. The zero-order valence-corrected chi connectivity index (χ0v) is 17.6. The number of thiol groups is 1. The van der Waals surface area contributed by atoms with Crippen LogP contribution in [0, 0.1) is 0 Å². The first-order chi connectivity index (χ1) is 12.9. The molecule has 0 amide bonds. The molecule has 0 aromatic carbocycles. The first kappa shape index (κ1) is 26.1. The summed E-state index contributed by atoms with van der Waals surface area (Å²) >= 11 is 4.24. The summed E-state index contributed by atoms with van der Waals surface area (Å²) in [5.74, 6) is 1.03. The molecule has 0 spiro atoms. The fourth-order valence-electron chi connectivity index (χ4n) is 2.56. The Morgan fingerprint density at radius 1 is 0.423 bits per heavy atom. The predicted molar refractivity (Wildman–Crippen MR) is 110 cm³/mol. The number of rotatable bonds is 23. The van der Waals surface area contributed by atoms with Gasteiger partial charge in [0.15, 0.2) is 0 Å². The Morgan fingerprint density at radius 3 is 1.19 bits per heavy atom. The van der Waals surface area contributed by atoms with E-state index in [-0.39, 0.29) is 6.61 Å². The molecular formula is C20H42O5S. The first-order valence-corrected chi connectivity index (χ1v) is 11.1. The predicted octanol–water partition coefficient (Wildman–Crippen LogP) is 3.88. The largest absolute Gasteiger partial charge is 0.394 e. The molecule has 6 heteroatoms. The molecule has 0 fully saturated rings. The third-order valence-electron chi connectivity index (χ3n) is 4.05. The highest BCUT2D eigenvalue weighted by Crippen LogP contribution is 2.10. The Bertz CT molecular complexity index is 220. The molecule has 1 N–H and O–H groups in total. The average Bonchev–Trinajstić information content (AvgIpc) is 2.66. The van der Waals surface area contributed by atoms with E-state index in [0.717, 1.165) is 18.8 Å². The Hall–Kier alpha value is 0.150. The van der Waals surface area contributed by atoms with Crippen molar-refractivity contribution >= 4 is 12.6 Å². The normalized spacial score (nSPS) is 11.3. The van der Waals surface area contributed by atoms with E-state index in [0.29, 0.717) is 46.2 Å². The Labute approximate surface area is 166 Å². The van der Waals surface area contributed by atoms with Crippen molar-refractivity contribution in [2.24, 2.45) is 0 Å². The zero-order chi connectivity index (χ0) is 19.0. The van der Waals surface area contributed by atoms with Crippen LogP contribution in [0.5, 0.6) is 0 Å². The lowest BCUT2D eigenvalue weighted by Gasteiger charge is -2.07. The van der Waals surface area contributed by atoms with Crippen molar-refractivity contribution in [3.8, 4) is 0 Å². The molecule has 0 rings (SSSR count). The lowest BCUT2D eigenvalue weighted by molar-refractivity contribution is -0.00577. The van der Waals surface area contributed by atoms with E-state index < -0.39 is 0 Å². The number of ether oxygens (including phenoxy) is 4. The smallest absolute Gasteiger partial charge is 0.0701 e. The second-order valence-corrected chi connectivity index (χ2v) is 6.88. The highest BCUT2D eigenvalue weighted by molar-refractivity contribution is 7.80. The second-order valence-electron chi connectivity index (χ2n) is 6.43. The summed E-state index contributed by atoms with van der Waals surface area (Å²) in [6.45, 7) is 4.75. The van der Waals surface area contributed by atoms with Gasteiger partial charge in [0.05, 0.1) is 52.9 Å². The van der Waals surface area contributed by atoms with Crippen molar-refractivity contribution in [3.63, 3.8) is 0 Å². The molecule has 0 unspecified atom stereocenters. The quantitative estimate of drug-likeness (QED) is 0.203. The van der Waals surface area contributed by atoms with Crippen LogP contribution in [0.4, 0.5) is 0 Å². The van der Waals surface area contributed by atoms with Crippen molar-refractivity contribution in [2.45, 2.75) is 64.2 Å². The van der Waals surface area contributed by atoms with Gasteiger partial charge in [-0.2, -0.15) is 12.6 Å². The first-order valence-electron chi connectivity index (χ1n) is 10.4. The SMILES string of the molecule is OCCOCCOCCOCCOCCCCCCCCCCCCS. The maximum absolute atomic E-state index is 8.53. The molecule has 0 aliphatic carbocycles. The van der Waals surface area contributed by atoms with Crippen LogP contribution in [0.1, 0.15) is 64.2 Å². The number of aliphatic hydroxyl groups is 1. The summed E-state index contributed by atoms with van der Waals surface area (Å²) in [6.07, 6.45) is 13.3. The summed E-state index contributed by atoms with van der Waals surface area (Å²) < 4.78 is 21.4. The van der Waals surface area contributed by atoms with Gasteiger partial charge < -0.3 is 24.1 Å². The van der Waals surface area contributed by atoms with Gasteiger partial charge in [-0.1, -0.05) is 51.4 Å². The fraction of sp³-hybridized carbons (Fsp3) is 1.00. The molecule has 0 aromatic heterocycles. The van der Waals surface area contributed by atoms with E-state index in [2.05, 4.69) is 12.6 Å². The maximum atomic E-state index is 8.53. The molecule has 0 heterocycles. The fourth-order valence-corrected chi connectivity index (χ4v) is 2.78. The van der Waals surface area contributed by atoms with E-state index in [1.54, 1.807) is 0 Å². The molecule has 0 atom stereocenters. The highest BCUT2D eigenvalue weighted by atomic mass is 32.1. The molecule has 5 nitrogen and oxygen atoms in total. The maximum Gasteiger partial charge on any atom is 0.0701 e. The summed E-state index contributed by atoms with van der Waals surface area (Å²) in [4.78, 5) is 0. The Kier molecular flexibility index (Phi) is 25.3. The van der Waals surface area contributed by atoms with Gasteiger partial charge in [0.2, 0.25) is 0 Å². The van der Waals surface area contributed by atoms with Crippen molar-refractivity contribution in [2.75, 3.05) is 65.2 Å². The summed E-state index contributed by atoms with van der Waals surface area (Å²) in [5, 5.41) is 8.53. The molecule has 26 heavy (non-hydrogen) atoms. The average molecular weight is 395 g/mol. The summed E-state index contributed by atoms with van der Waals surface area (Å²) in [5.41, 5.74) is 0. The van der Waals surface area contributed by atoms with Crippen LogP contribution in [-0.4, -0.2) is 70.3 Å². The molecule has 0 aliphatic heterocycles. The lowest BCUT2D eigenvalue weighted by atomic mass is 10.1.